The molecule has 2 aromatic carbocycles. The third-order valence-electron chi connectivity index (χ3n) is 2.65. The van der Waals surface area contributed by atoms with Crippen LogP contribution >= 0.6 is 0 Å². The number of rotatable bonds is 4. The molecule has 0 spiro atoms. The largest absolute Gasteiger partial charge is 0.570 e. The number of hydrogen-bond donors (Lipinski definition) is 1. The van der Waals surface area contributed by atoms with Crippen molar-refractivity contribution in [3.05, 3.63) is 59.1 Å². The van der Waals surface area contributed by atoms with Crippen LogP contribution in [-0.4, -0.2) is 21.6 Å². The van der Waals surface area contributed by atoms with Crippen LogP contribution < -0.4 is 5.32 Å². The smallest absolute Gasteiger partial charge is 0.411 e. The summed E-state index contributed by atoms with van der Waals surface area (Å²) in [6.07, 6.45) is -0.674. The molecule has 0 atom stereocenters. The Hall–Kier alpha value is -2.61. The summed E-state index contributed by atoms with van der Waals surface area (Å²) in [6, 6.07) is 10.6. The maximum Gasteiger partial charge on any atom is 0.411 e. The van der Waals surface area contributed by atoms with Crippen LogP contribution in [0.25, 0.3) is 4.72 Å². The van der Waals surface area contributed by atoms with Gasteiger partial charge in [-0.25, -0.2) is 17.6 Å². The number of anilines is 1. The van der Waals surface area contributed by atoms with Crippen molar-refractivity contribution < 1.29 is 22.3 Å². The number of sulfonamides is 1. The Kier molecular flexibility index (Phi) is 4.62. The van der Waals surface area contributed by atoms with E-state index in [4.69, 9.17) is 0 Å². The number of methoxy groups -OCH3 is 1. The molecule has 6 nitrogen and oxygen atoms in total. The van der Waals surface area contributed by atoms with Gasteiger partial charge in [-0.2, -0.15) is 0 Å². The Morgan fingerprint density at radius 1 is 1.14 bits per heavy atom. The maximum absolute atomic E-state index is 13.5. The number of benzene rings is 2. The van der Waals surface area contributed by atoms with Gasteiger partial charge in [0.15, 0.2) is 0 Å². The Morgan fingerprint density at radius 2 is 1.77 bits per heavy atom. The Morgan fingerprint density at radius 3 is 2.36 bits per heavy atom. The highest BCUT2D eigenvalue weighted by atomic mass is 32.2. The van der Waals surface area contributed by atoms with Crippen molar-refractivity contribution in [2.75, 3.05) is 12.4 Å². The minimum atomic E-state index is -4.05. The minimum absolute atomic E-state index is 0.119. The minimum Gasteiger partial charge on any atom is -0.570 e. The molecule has 0 bridgehead atoms. The zero-order valence-corrected chi connectivity index (χ0v) is 12.3. The molecule has 0 radical (unpaired) electrons. The molecule has 0 heterocycles. The number of carbonyl (C=O) groups is 1. The molecule has 0 saturated heterocycles. The van der Waals surface area contributed by atoms with Gasteiger partial charge >= 0.3 is 6.09 Å². The van der Waals surface area contributed by atoms with Gasteiger partial charge in [-0.1, -0.05) is 23.9 Å². The standard InChI is InChI=1S/C14H12FN2O4S/c1-21-14(18)16-10-6-8-11(9-7-10)22(19,20)17-13-5-3-2-4-12(13)15/h2-9H,1H3,(H,16,18)/q-1. The number of hydrogen-bond acceptors (Lipinski definition) is 4. The summed E-state index contributed by atoms with van der Waals surface area (Å²) >= 11 is 0. The number of halogens is 1. The highest BCUT2D eigenvalue weighted by molar-refractivity contribution is 7.94. The van der Waals surface area contributed by atoms with E-state index in [2.05, 4.69) is 14.8 Å². The average molecular weight is 323 g/mol. The van der Waals surface area contributed by atoms with Crippen molar-refractivity contribution in [2.45, 2.75) is 4.90 Å². The quantitative estimate of drug-likeness (QED) is 0.934. The highest BCUT2D eigenvalue weighted by Gasteiger charge is 2.07. The first-order chi connectivity index (χ1) is 10.4. The molecule has 2 rings (SSSR count). The molecule has 1 amide bonds. The van der Waals surface area contributed by atoms with Crippen LogP contribution in [0.3, 0.4) is 0 Å². The van der Waals surface area contributed by atoms with E-state index in [1.54, 1.807) is 0 Å². The first-order valence-corrected chi connectivity index (χ1v) is 7.54. The van der Waals surface area contributed by atoms with E-state index in [1.807, 2.05) is 0 Å². The molecule has 0 aliphatic carbocycles. The van der Waals surface area contributed by atoms with E-state index < -0.39 is 21.9 Å². The highest BCUT2D eigenvalue weighted by Crippen LogP contribution is 2.30. The van der Waals surface area contributed by atoms with Crippen molar-refractivity contribution in [1.82, 2.24) is 0 Å². The van der Waals surface area contributed by atoms with Crippen LogP contribution in [0, 0.1) is 5.82 Å². The van der Waals surface area contributed by atoms with Gasteiger partial charge < -0.3 is 9.46 Å². The SMILES string of the molecule is COC(=O)Nc1ccc(S(=O)(=O)[N-]c2ccccc2F)cc1. The van der Waals surface area contributed by atoms with Gasteiger partial charge in [-0.15, -0.1) is 0 Å². The molecule has 1 N–H and O–H groups in total. The van der Waals surface area contributed by atoms with Gasteiger partial charge in [0.2, 0.25) is 0 Å². The second-order valence-corrected chi connectivity index (χ2v) is 5.76. The lowest BCUT2D eigenvalue weighted by Gasteiger charge is -2.22. The normalized spacial score (nSPS) is 10.8. The molecule has 2 aromatic rings. The Balaban J connectivity index is 2.19. The summed E-state index contributed by atoms with van der Waals surface area (Å²) in [5, 5.41) is 2.38. The van der Waals surface area contributed by atoms with Crippen LogP contribution in [0.2, 0.25) is 0 Å². The summed E-state index contributed by atoms with van der Waals surface area (Å²) in [6.45, 7) is 0. The molecule has 22 heavy (non-hydrogen) atoms. The van der Waals surface area contributed by atoms with E-state index in [0.29, 0.717) is 5.69 Å². The van der Waals surface area contributed by atoms with Crippen molar-refractivity contribution in [3.8, 4) is 0 Å². The van der Waals surface area contributed by atoms with E-state index in [1.165, 1.54) is 49.6 Å². The van der Waals surface area contributed by atoms with Gasteiger partial charge in [-0.05, 0) is 30.3 Å². The van der Waals surface area contributed by atoms with E-state index in [-0.39, 0.29) is 10.6 Å². The molecule has 8 heteroatoms. The van der Waals surface area contributed by atoms with Crippen LogP contribution in [-0.2, 0) is 14.8 Å². The summed E-state index contributed by atoms with van der Waals surface area (Å²) in [5.41, 5.74) is 0.0935. The van der Waals surface area contributed by atoms with E-state index >= 15 is 0 Å². The van der Waals surface area contributed by atoms with E-state index in [0.717, 1.165) is 6.07 Å². The number of amides is 1. The lowest BCUT2D eigenvalue weighted by atomic mass is 10.3. The summed E-state index contributed by atoms with van der Waals surface area (Å²) in [5.74, 6) is -0.727. The molecule has 0 aliphatic rings. The zero-order chi connectivity index (χ0) is 16.2. The Labute approximate surface area is 127 Å². The maximum atomic E-state index is 13.5. The van der Waals surface area contributed by atoms with Gasteiger partial charge in [0, 0.05) is 5.69 Å². The van der Waals surface area contributed by atoms with Gasteiger partial charge in [0.05, 0.1) is 12.0 Å². The van der Waals surface area contributed by atoms with Gasteiger partial charge in [-0.3, -0.25) is 5.32 Å². The number of carbonyl (C=O) groups excluding carboxylic acids is 1. The van der Waals surface area contributed by atoms with E-state index in [9.17, 15) is 17.6 Å². The first kappa shape index (κ1) is 15.8. The lowest BCUT2D eigenvalue weighted by Crippen LogP contribution is -2.10. The average Bonchev–Trinajstić information content (AvgIpc) is 2.50. The molecule has 116 valence electrons. The van der Waals surface area contributed by atoms with Crippen LogP contribution in [0.4, 0.5) is 20.6 Å². The van der Waals surface area contributed by atoms with Gasteiger partial charge in [0.1, 0.15) is 15.8 Å². The second-order valence-electron chi connectivity index (χ2n) is 4.16. The summed E-state index contributed by atoms with van der Waals surface area (Å²) < 4.78 is 45.5. The third-order valence-corrected chi connectivity index (χ3v) is 3.96. The third kappa shape index (κ3) is 3.73. The summed E-state index contributed by atoms with van der Waals surface area (Å²) in [7, 11) is -2.84. The summed E-state index contributed by atoms with van der Waals surface area (Å²) in [4.78, 5) is 10.9. The zero-order valence-electron chi connectivity index (χ0n) is 11.5. The van der Waals surface area contributed by atoms with Crippen LogP contribution in [0.1, 0.15) is 0 Å². The fourth-order valence-electron chi connectivity index (χ4n) is 1.59. The number of nitrogens with one attached hydrogen (secondary N) is 1. The number of nitrogens with zero attached hydrogens (tertiary/aromatic N) is 1. The van der Waals surface area contributed by atoms with Crippen LogP contribution in [0.15, 0.2) is 53.4 Å². The second kappa shape index (κ2) is 6.44. The van der Waals surface area contributed by atoms with Crippen LogP contribution in [0.5, 0.6) is 0 Å². The fourth-order valence-corrected chi connectivity index (χ4v) is 2.58. The van der Waals surface area contributed by atoms with Crippen molar-refractivity contribution in [3.63, 3.8) is 0 Å². The van der Waals surface area contributed by atoms with Crippen molar-refractivity contribution in [1.29, 1.82) is 0 Å². The first-order valence-electron chi connectivity index (χ1n) is 6.10. The molecule has 0 unspecified atom stereocenters. The molecular formula is C14H12FN2O4S-. The molecule has 0 aromatic heterocycles. The molecule has 0 aliphatic heterocycles. The topological polar surface area (TPSA) is 86.6 Å². The number of ether oxygens (including phenoxy) is 1. The molecular weight excluding hydrogens is 311 g/mol. The van der Waals surface area contributed by atoms with Gasteiger partial charge in [0.25, 0.3) is 0 Å². The fraction of sp³-hybridized carbons (Fsp3) is 0.0714. The Bertz CT molecular complexity index is 776. The monoisotopic (exact) mass is 323 g/mol. The van der Waals surface area contributed by atoms with Crippen molar-refractivity contribution in [2.24, 2.45) is 0 Å². The predicted octanol–water partition coefficient (Wildman–Crippen LogP) is 3.40. The predicted molar refractivity (Wildman–Crippen MR) is 79.1 cm³/mol. The molecule has 0 fully saturated rings. The molecule has 0 saturated carbocycles. The van der Waals surface area contributed by atoms with Crippen molar-refractivity contribution >= 4 is 27.5 Å². The lowest BCUT2D eigenvalue weighted by molar-refractivity contribution is 0.187.